The molecule has 2 rings (SSSR count). The van der Waals surface area contributed by atoms with Crippen molar-refractivity contribution in [1.29, 1.82) is 0 Å². The zero-order valence-electron chi connectivity index (χ0n) is 12.0. The first-order valence-corrected chi connectivity index (χ1v) is 7.74. The first kappa shape index (κ1) is 14.1. The maximum Gasteiger partial charge on any atom is 0.195 e. The number of fused-ring (bicyclic) bond motifs is 1. The Kier molecular flexibility index (Phi) is 5.93. The molecule has 2 heteroatoms. The van der Waals surface area contributed by atoms with Gasteiger partial charge in [-0.15, -0.1) is 0 Å². The number of hydrogen-bond acceptors (Lipinski definition) is 2. The Hall–Kier alpha value is -1.31. The quantitative estimate of drug-likeness (QED) is 0.555. The number of para-hydroxylation sites is 2. The highest BCUT2D eigenvalue weighted by Crippen LogP contribution is 2.17. The van der Waals surface area contributed by atoms with Crippen molar-refractivity contribution in [3.05, 3.63) is 30.2 Å². The minimum Gasteiger partial charge on any atom is -0.441 e. The molecule has 1 aromatic carbocycles. The van der Waals surface area contributed by atoms with E-state index in [2.05, 4.69) is 11.9 Å². The predicted molar refractivity (Wildman–Crippen MR) is 80.3 cm³/mol. The second-order valence-corrected chi connectivity index (χ2v) is 5.30. The summed E-state index contributed by atoms with van der Waals surface area (Å²) in [5.74, 6) is 0.896. The highest BCUT2D eigenvalue weighted by atomic mass is 16.3. The van der Waals surface area contributed by atoms with Crippen LogP contribution in [0.1, 0.15) is 64.2 Å². The van der Waals surface area contributed by atoms with E-state index in [0.717, 1.165) is 23.4 Å². The van der Waals surface area contributed by atoms with Crippen LogP contribution in [0.2, 0.25) is 0 Å². The number of nitrogens with zero attached hydrogens (tertiary/aromatic N) is 1. The lowest BCUT2D eigenvalue weighted by Gasteiger charge is -2.00. The van der Waals surface area contributed by atoms with Crippen molar-refractivity contribution in [2.24, 2.45) is 0 Å². The van der Waals surface area contributed by atoms with Gasteiger partial charge in [0.1, 0.15) is 5.52 Å². The highest BCUT2D eigenvalue weighted by molar-refractivity contribution is 5.72. The van der Waals surface area contributed by atoms with Crippen LogP contribution in [0.5, 0.6) is 0 Å². The molecular formula is C17H25NO. The Labute approximate surface area is 116 Å². The highest BCUT2D eigenvalue weighted by Gasteiger charge is 2.04. The average Bonchev–Trinajstić information content (AvgIpc) is 2.84. The van der Waals surface area contributed by atoms with Crippen molar-refractivity contribution < 1.29 is 4.42 Å². The van der Waals surface area contributed by atoms with Crippen LogP contribution >= 0.6 is 0 Å². The van der Waals surface area contributed by atoms with Crippen LogP contribution in [0.25, 0.3) is 11.1 Å². The molecule has 1 heterocycles. The van der Waals surface area contributed by atoms with Crippen LogP contribution in [-0.4, -0.2) is 4.98 Å². The van der Waals surface area contributed by atoms with Crippen LogP contribution in [0.4, 0.5) is 0 Å². The zero-order valence-corrected chi connectivity index (χ0v) is 12.0. The van der Waals surface area contributed by atoms with Gasteiger partial charge in [-0.3, -0.25) is 0 Å². The van der Waals surface area contributed by atoms with Gasteiger partial charge in [0.15, 0.2) is 11.5 Å². The maximum absolute atomic E-state index is 5.72. The molecule has 0 saturated carbocycles. The van der Waals surface area contributed by atoms with Crippen LogP contribution in [0.3, 0.4) is 0 Å². The summed E-state index contributed by atoms with van der Waals surface area (Å²) in [6.45, 7) is 2.26. The van der Waals surface area contributed by atoms with Crippen molar-refractivity contribution >= 4 is 11.1 Å². The molecule has 0 aliphatic rings. The number of unbranched alkanes of at least 4 members (excludes halogenated alkanes) is 7. The first-order chi connectivity index (χ1) is 9.40. The minimum atomic E-state index is 0.896. The van der Waals surface area contributed by atoms with Crippen LogP contribution < -0.4 is 0 Å². The zero-order chi connectivity index (χ0) is 13.3. The van der Waals surface area contributed by atoms with Gasteiger partial charge in [0.2, 0.25) is 0 Å². The van der Waals surface area contributed by atoms with Gasteiger partial charge >= 0.3 is 0 Å². The molecule has 0 spiro atoms. The third-order valence-corrected chi connectivity index (χ3v) is 3.58. The predicted octanol–water partition coefficient (Wildman–Crippen LogP) is 5.51. The molecule has 0 aliphatic heterocycles. The van der Waals surface area contributed by atoms with Gasteiger partial charge in [0.25, 0.3) is 0 Å². The van der Waals surface area contributed by atoms with Gasteiger partial charge in [0, 0.05) is 6.42 Å². The summed E-state index contributed by atoms with van der Waals surface area (Å²) in [5, 5.41) is 0. The largest absolute Gasteiger partial charge is 0.441 e. The molecule has 0 bridgehead atoms. The van der Waals surface area contributed by atoms with Gasteiger partial charge in [-0.2, -0.15) is 0 Å². The number of benzene rings is 1. The van der Waals surface area contributed by atoms with E-state index in [1.807, 2.05) is 24.3 Å². The minimum absolute atomic E-state index is 0.896. The topological polar surface area (TPSA) is 26.0 Å². The summed E-state index contributed by atoms with van der Waals surface area (Å²) in [6.07, 6.45) is 11.7. The summed E-state index contributed by atoms with van der Waals surface area (Å²) in [5.41, 5.74) is 1.90. The summed E-state index contributed by atoms with van der Waals surface area (Å²) < 4.78 is 5.72. The molecule has 0 saturated heterocycles. The van der Waals surface area contributed by atoms with E-state index < -0.39 is 0 Å². The van der Waals surface area contributed by atoms with Crippen molar-refractivity contribution in [3.63, 3.8) is 0 Å². The standard InChI is InChI=1S/C17H25NO/c1-2-3-4-5-6-7-8-9-14-17-18-15-12-10-11-13-16(15)19-17/h10-13H,2-9,14H2,1H3. The smallest absolute Gasteiger partial charge is 0.195 e. The second kappa shape index (κ2) is 7.98. The van der Waals surface area contributed by atoms with Gasteiger partial charge in [0.05, 0.1) is 0 Å². The summed E-state index contributed by atoms with van der Waals surface area (Å²) in [7, 11) is 0. The molecule has 0 aliphatic carbocycles. The van der Waals surface area contributed by atoms with Gasteiger partial charge in [-0.1, -0.05) is 64.0 Å². The molecule has 0 N–H and O–H groups in total. The van der Waals surface area contributed by atoms with Crippen molar-refractivity contribution in [3.8, 4) is 0 Å². The third-order valence-electron chi connectivity index (χ3n) is 3.58. The molecule has 0 atom stereocenters. The van der Waals surface area contributed by atoms with E-state index in [1.54, 1.807) is 0 Å². The molecule has 19 heavy (non-hydrogen) atoms. The van der Waals surface area contributed by atoms with Crippen LogP contribution in [0.15, 0.2) is 28.7 Å². The summed E-state index contributed by atoms with van der Waals surface area (Å²) in [4.78, 5) is 4.50. The Morgan fingerprint density at radius 1 is 0.895 bits per heavy atom. The normalized spacial score (nSPS) is 11.2. The Morgan fingerprint density at radius 3 is 2.32 bits per heavy atom. The van der Waals surface area contributed by atoms with Crippen LogP contribution in [-0.2, 0) is 6.42 Å². The first-order valence-electron chi connectivity index (χ1n) is 7.74. The number of aryl methyl sites for hydroxylation is 1. The summed E-state index contributed by atoms with van der Waals surface area (Å²) >= 11 is 0. The second-order valence-electron chi connectivity index (χ2n) is 5.30. The van der Waals surface area contributed by atoms with E-state index in [4.69, 9.17) is 4.42 Å². The molecule has 104 valence electrons. The van der Waals surface area contributed by atoms with Gasteiger partial charge < -0.3 is 4.42 Å². The molecule has 0 unspecified atom stereocenters. The molecule has 1 aromatic heterocycles. The number of aromatic nitrogens is 1. The van der Waals surface area contributed by atoms with E-state index in [9.17, 15) is 0 Å². The maximum atomic E-state index is 5.72. The summed E-state index contributed by atoms with van der Waals surface area (Å²) in [6, 6.07) is 7.99. The fraction of sp³-hybridized carbons (Fsp3) is 0.588. The van der Waals surface area contributed by atoms with Gasteiger partial charge in [-0.25, -0.2) is 4.98 Å². The number of oxazole rings is 1. The monoisotopic (exact) mass is 259 g/mol. The lowest BCUT2D eigenvalue weighted by atomic mass is 10.1. The molecule has 0 fully saturated rings. The molecule has 2 aromatic rings. The fourth-order valence-corrected chi connectivity index (χ4v) is 2.44. The Bertz CT molecular complexity index is 442. The third kappa shape index (κ3) is 4.70. The van der Waals surface area contributed by atoms with Crippen molar-refractivity contribution in [2.75, 3.05) is 0 Å². The Balaban J connectivity index is 1.60. The van der Waals surface area contributed by atoms with E-state index in [1.165, 1.54) is 51.4 Å². The van der Waals surface area contributed by atoms with E-state index in [0.29, 0.717) is 0 Å². The fourth-order valence-electron chi connectivity index (χ4n) is 2.44. The SMILES string of the molecule is CCCCCCCCCCc1nc2ccccc2o1. The lowest BCUT2D eigenvalue weighted by molar-refractivity contribution is 0.503. The average molecular weight is 259 g/mol. The molecule has 2 nitrogen and oxygen atoms in total. The van der Waals surface area contributed by atoms with Gasteiger partial charge in [-0.05, 0) is 18.6 Å². The lowest BCUT2D eigenvalue weighted by Crippen LogP contribution is -1.86. The van der Waals surface area contributed by atoms with E-state index in [-0.39, 0.29) is 0 Å². The molecule has 0 amide bonds. The Morgan fingerprint density at radius 2 is 1.58 bits per heavy atom. The molecule has 0 radical (unpaired) electrons. The number of hydrogen-bond donors (Lipinski definition) is 0. The number of rotatable bonds is 9. The van der Waals surface area contributed by atoms with E-state index >= 15 is 0 Å². The van der Waals surface area contributed by atoms with Crippen molar-refractivity contribution in [1.82, 2.24) is 4.98 Å². The van der Waals surface area contributed by atoms with Crippen molar-refractivity contribution in [2.45, 2.75) is 64.7 Å². The van der Waals surface area contributed by atoms with Crippen LogP contribution in [0, 0.1) is 0 Å². The molecular weight excluding hydrogens is 234 g/mol.